The first-order chi connectivity index (χ1) is 10.6. The minimum absolute atomic E-state index is 0.00463. The van der Waals surface area contributed by atoms with Crippen LogP contribution in [0.1, 0.15) is 38.7 Å². The van der Waals surface area contributed by atoms with Gasteiger partial charge >= 0.3 is 5.63 Å². The van der Waals surface area contributed by atoms with Gasteiger partial charge in [0.25, 0.3) is 0 Å². The predicted octanol–water partition coefficient (Wildman–Crippen LogP) is 4.01. The Hall–Kier alpha value is -1.53. The molecule has 22 heavy (non-hydrogen) atoms. The van der Waals surface area contributed by atoms with Gasteiger partial charge < -0.3 is 9.52 Å². The predicted molar refractivity (Wildman–Crippen MR) is 91.5 cm³/mol. The van der Waals surface area contributed by atoms with Crippen molar-refractivity contribution < 1.29 is 9.52 Å². The molecule has 6 heteroatoms. The Bertz CT molecular complexity index is 763. The summed E-state index contributed by atoms with van der Waals surface area (Å²) in [5, 5.41) is 12.3. The molecular formula is C16H17NO3S2. The van der Waals surface area contributed by atoms with E-state index < -0.39 is 5.63 Å². The van der Waals surface area contributed by atoms with Crippen molar-refractivity contribution in [1.82, 2.24) is 0 Å². The molecule has 0 amide bonds. The van der Waals surface area contributed by atoms with Crippen molar-refractivity contribution in [2.45, 2.75) is 30.8 Å². The number of aryl methyl sites for hydroxylation is 2. The van der Waals surface area contributed by atoms with Crippen LogP contribution in [0, 0.1) is 13.8 Å². The fraction of sp³-hybridized carbons (Fsp3) is 0.375. The Morgan fingerprint density at radius 3 is 2.86 bits per heavy atom. The van der Waals surface area contributed by atoms with E-state index in [1.54, 1.807) is 30.0 Å². The molecule has 0 fully saturated rings. The molecule has 0 bridgehead atoms. The Labute approximate surface area is 136 Å². The van der Waals surface area contributed by atoms with Crippen molar-refractivity contribution in [1.29, 1.82) is 0 Å². The Morgan fingerprint density at radius 2 is 2.18 bits per heavy atom. The third-order valence-electron chi connectivity index (χ3n) is 3.65. The Morgan fingerprint density at radius 1 is 1.36 bits per heavy atom. The van der Waals surface area contributed by atoms with Gasteiger partial charge in [-0.2, -0.15) is 0 Å². The van der Waals surface area contributed by atoms with E-state index in [-0.39, 0.29) is 16.2 Å². The average molecular weight is 335 g/mol. The molecule has 1 aliphatic rings. The van der Waals surface area contributed by atoms with Gasteiger partial charge in [-0.15, -0.1) is 23.1 Å². The van der Waals surface area contributed by atoms with Gasteiger partial charge in [-0.3, -0.25) is 4.99 Å². The van der Waals surface area contributed by atoms with Gasteiger partial charge in [0.2, 0.25) is 0 Å². The fourth-order valence-corrected chi connectivity index (χ4v) is 5.26. The third kappa shape index (κ3) is 2.98. The van der Waals surface area contributed by atoms with E-state index in [4.69, 9.17) is 4.42 Å². The molecule has 3 heterocycles. The summed E-state index contributed by atoms with van der Waals surface area (Å²) in [6.45, 7) is 4.23. The first kappa shape index (κ1) is 15.4. The van der Waals surface area contributed by atoms with Crippen LogP contribution < -0.4 is 5.63 Å². The van der Waals surface area contributed by atoms with E-state index in [0.717, 1.165) is 6.42 Å². The highest BCUT2D eigenvalue weighted by Crippen LogP contribution is 2.46. The maximum atomic E-state index is 12.1. The van der Waals surface area contributed by atoms with E-state index in [2.05, 4.69) is 23.4 Å². The van der Waals surface area contributed by atoms with Crippen molar-refractivity contribution in [3.63, 3.8) is 0 Å². The number of hydrogen-bond acceptors (Lipinski definition) is 6. The molecule has 1 aliphatic heterocycles. The van der Waals surface area contributed by atoms with Crippen LogP contribution in [0.25, 0.3) is 0 Å². The number of thioether (sulfide) groups is 1. The Kier molecular flexibility index (Phi) is 4.40. The van der Waals surface area contributed by atoms with Crippen LogP contribution in [-0.4, -0.2) is 17.9 Å². The summed E-state index contributed by atoms with van der Waals surface area (Å²) in [6.07, 6.45) is 2.75. The van der Waals surface area contributed by atoms with E-state index >= 15 is 0 Å². The number of rotatable bonds is 2. The van der Waals surface area contributed by atoms with Crippen molar-refractivity contribution >= 4 is 29.3 Å². The average Bonchev–Trinajstić information content (AvgIpc) is 2.73. The number of hydrogen-bond donors (Lipinski definition) is 1. The molecule has 2 unspecified atom stereocenters. The van der Waals surface area contributed by atoms with Gasteiger partial charge in [-0.1, -0.05) is 0 Å². The van der Waals surface area contributed by atoms with Crippen LogP contribution in [0.15, 0.2) is 31.7 Å². The zero-order valence-electron chi connectivity index (χ0n) is 12.4. The molecule has 116 valence electrons. The Balaban J connectivity index is 1.96. The second-order valence-electron chi connectivity index (χ2n) is 5.31. The van der Waals surface area contributed by atoms with Crippen molar-refractivity contribution in [3.8, 4) is 5.75 Å². The highest BCUT2D eigenvalue weighted by molar-refractivity contribution is 8.00. The first-order valence-electron chi connectivity index (χ1n) is 7.07. The molecule has 0 radical (unpaired) electrons. The monoisotopic (exact) mass is 335 g/mol. The summed E-state index contributed by atoms with van der Waals surface area (Å²) in [7, 11) is 0. The number of thiophene rings is 1. The summed E-state index contributed by atoms with van der Waals surface area (Å²) in [4.78, 5) is 17.8. The SMILES string of the molecule is Cc1cc(O)c(C2CN=CCC(c3sccc3C)S2)c(=O)o1. The van der Waals surface area contributed by atoms with Gasteiger partial charge in [0.05, 0.1) is 17.4 Å². The van der Waals surface area contributed by atoms with E-state index in [1.165, 1.54) is 16.5 Å². The molecule has 4 nitrogen and oxygen atoms in total. The van der Waals surface area contributed by atoms with Gasteiger partial charge in [0.15, 0.2) is 0 Å². The molecule has 1 N–H and O–H groups in total. The smallest absolute Gasteiger partial charge is 0.344 e. The molecular weight excluding hydrogens is 318 g/mol. The molecule has 2 aromatic rings. The van der Waals surface area contributed by atoms with Crippen molar-refractivity contribution in [3.05, 3.63) is 49.7 Å². The van der Waals surface area contributed by atoms with Crippen LogP contribution in [0.3, 0.4) is 0 Å². The normalized spacial score (nSPS) is 21.7. The molecule has 0 aliphatic carbocycles. The summed E-state index contributed by atoms with van der Waals surface area (Å²) in [5.74, 6) is 0.420. The molecule has 0 saturated heterocycles. The number of aliphatic imine (C=N–C) groups is 1. The van der Waals surface area contributed by atoms with E-state index in [0.29, 0.717) is 17.9 Å². The lowest BCUT2D eigenvalue weighted by Gasteiger charge is -2.19. The van der Waals surface area contributed by atoms with Gasteiger partial charge in [-0.25, -0.2) is 4.79 Å². The number of aromatic hydroxyl groups is 1. The van der Waals surface area contributed by atoms with Crippen LogP contribution in [0.4, 0.5) is 0 Å². The first-order valence-corrected chi connectivity index (χ1v) is 8.90. The van der Waals surface area contributed by atoms with Gasteiger partial charge in [0, 0.05) is 22.4 Å². The lowest BCUT2D eigenvalue weighted by molar-refractivity contribution is 0.422. The van der Waals surface area contributed by atoms with E-state index in [9.17, 15) is 9.90 Å². The lowest BCUT2D eigenvalue weighted by atomic mass is 10.2. The zero-order chi connectivity index (χ0) is 15.7. The minimum atomic E-state index is -0.464. The standard InChI is InChI=1S/C16H17NO3S2/c1-9-4-6-21-15(9)12-3-5-17-8-13(22-12)14-11(18)7-10(2)20-16(14)19/h4-7,12-13,18H,3,8H2,1-2H3. The maximum absolute atomic E-state index is 12.1. The molecule has 2 aromatic heterocycles. The van der Waals surface area contributed by atoms with Gasteiger partial charge in [-0.05, 0) is 37.3 Å². The van der Waals surface area contributed by atoms with Crippen molar-refractivity contribution in [2.24, 2.45) is 4.99 Å². The highest BCUT2D eigenvalue weighted by Gasteiger charge is 2.28. The summed E-state index contributed by atoms with van der Waals surface area (Å²) in [5.41, 5.74) is 1.12. The summed E-state index contributed by atoms with van der Waals surface area (Å²) in [6, 6.07) is 3.60. The summed E-state index contributed by atoms with van der Waals surface area (Å²) < 4.78 is 5.15. The quantitative estimate of drug-likeness (QED) is 0.900. The second kappa shape index (κ2) is 6.30. The molecule has 0 aromatic carbocycles. The largest absolute Gasteiger partial charge is 0.507 e. The second-order valence-corrected chi connectivity index (χ2v) is 7.67. The van der Waals surface area contributed by atoms with Gasteiger partial charge in [0.1, 0.15) is 11.5 Å². The fourth-order valence-electron chi connectivity index (χ4n) is 2.58. The third-order valence-corrected chi connectivity index (χ3v) is 6.41. The molecule has 3 rings (SSSR count). The van der Waals surface area contributed by atoms with Crippen LogP contribution >= 0.6 is 23.1 Å². The van der Waals surface area contributed by atoms with Crippen molar-refractivity contribution in [2.75, 3.05) is 6.54 Å². The van der Waals surface area contributed by atoms with Crippen LogP contribution in [-0.2, 0) is 0 Å². The molecule has 2 atom stereocenters. The zero-order valence-corrected chi connectivity index (χ0v) is 14.0. The highest BCUT2D eigenvalue weighted by atomic mass is 32.2. The summed E-state index contributed by atoms with van der Waals surface area (Å²) >= 11 is 3.40. The minimum Gasteiger partial charge on any atom is -0.507 e. The molecule has 0 saturated carbocycles. The molecule has 0 spiro atoms. The van der Waals surface area contributed by atoms with Crippen LogP contribution in [0.5, 0.6) is 5.75 Å². The lowest BCUT2D eigenvalue weighted by Crippen LogP contribution is -2.14. The maximum Gasteiger partial charge on any atom is 0.344 e. The van der Waals surface area contributed by atoms with Crippen LogP contribution in [0.2, 0.25) is 0 Å². The topological polar surface area (TPSA) is 62.8 Å². The number of nitrogens with zero attached hydrogens (tertiary/aromatic N) is 1. The van der Waals surface area contributed by atoms with E-state index in [1.807, 2.05) is 6.21 Å².